The topological polar surface area (TPSA) is 84.0 Å². The zero-order valence-corrected chi connectivity index (χ0v) is 16.4. The summed E-state index contributed by atoms with van der Waals surface area (Å²) in [7, 11) is 3.49. The molecule has 1 amide bonds. The zero-order valence-electron chi connectivity index (χ0n) is 16.4. The van der Waals surface area contributed by atoms with Gasteiger partial charge in [-0.1, -0.05) is 13.8 Å². The molecule has 0 spiro atoms. The van der Waals surface area contributed by atoms with Gasteiger partial charge in [-0.15, -0.1) is 0 Å². The van der Waals surface area contributed by atoms with Crippen LogP contribution in [0.2, 0.25) is 0 Å². The number of aliphatic imine (C=N–C) groups is 1. The molecule has 2 atom stereocenters. The number of amides is 1. The summed E-state index contributed by atoms with van der Waals surface area (Å²) < 4.78 is 10.8. The molecule has 1 fully saturated rings. The van der Waals surface area contributed by atoms with E-state index >= 15 is 0 Å². The lowest BCUT2D eigenvalue weighted by atomic mass is 9.56. The van der Waals surface area contributed by atoms with Gasteiger partial charge in [0.2, 0.25) is 0 Å². The van der Waals surface area contributed by atoms with E-state index in [2.05, 4.69) is 41.7 Å². The van der Waals surface area contributed by atoms with E-state index in [1.54, 1.807) is 14.2 Å². The average molecular weight is 342 g/mol. The number of ether oxygens (including phenoxy) is 2. The molecule has 140 valence electrons. The lowest BCUT2D eigenvalue weighted by molar-refractivity contribution is -0.176. The van der Waals surface area contributed by atoms with Crippen molar-refractivity contribution in [2.75, 3.05) is 27.2 Å². The number of nitrogens with zero attached hydrogens (tertiary/aromatic N) is 1. The fourth-order valence-corrected chi connectivity index (χ4v) is 2.74. The molecule has 0 heterocycles. The van der Waals surface area contributed by atoms with Gasteiger partial charge in [-0.05, 0) is 34.1 Å². The number of alkyl carbamates (subject to hydrolysis) is 1. The monoisotopic (exact) mass is 342 g/mol. The Bertz CT molecular complexity index is 471. The summed E-state index contributed by atoms with van der Waals surface area (Å²) in [5, 5.41) is 9.33. The normalized spacial score (nSPS) is 26.3. The molecule has 0 saturated heterocycles. The Hall–Kier alpha value is -1.50. The molecule has 1 aliphatic carbocycles. The van der Waals surface area contributed by atoms with Crippen LogP contribution >= 0.6 is 0 Å². The highest BCUT2D eigenvalue weighted by molar-refractivity contribution is 5.80. The number of rotatable bonds is 5. The van der Waals surface area contributed by atoms with Gasteiger partial charge < -0.3 is 25.4 Å². The maximum absolute atomic E-state index is 11.6. The van der Waals surface area contributed by atoms with Crippen LogP contribution in [-0.2, 0) is 9.47 Å². The van der Waals surface area contributed by atoms with Crippen molar-refractivity contribution in [3.8, 4) is 0 Å². The van der Waals surface area contributed by atoms with Crippen LogP contribution in [0.5, 0.6) is 0 Å². The van der Waals surface area contributed by atoms with E-state index in [-0.39, 0.29) is 17.1 Å². The standard InChI is InChI=1S/C17H34N4O3/c1-15(2,3)24-14(22)20-10-9-19-13(18-7)21-12-11-17(6,23-8)16(12,4)5/h12H,9-11H2,1-8H3,(H,20,22)(H2,18,19,21). The summed E-state index contributed by atoms with van der Waals surface area (Å²) in [5.74, 6) is 0.720. The first-order valence-corrected chi connectivity index (χ1v) is 8.44. The third-order valence-corrected chi connectivity index (χ3v) is 4.90. The van der Waals surface area contributed by atoms with Crippen molar-refractivity contribution in [1.29, 1.82) is 0 Å². The van der Waals surface area contributed by atoms with Crippen LogP contribution in [0, 0.1) is 5.41 Å². The summed E-state index contributed by atoms with van der Waals surface area (Å²) >= 11 is 0. The number of hydrogen-bond donors (Lipinski definition) is 3. The Kier molecular flexibility index (Phi) is 6.50. The van der Waals surface area contributed by atoms with Gasteiger partial charge >= 0.3 is 6.09 Å². The Morgan fingerprint density at radius 3 is 2.25 bits per heavy atom. The number of methoxy groups -OCH3 is 1. The third kappa shape index (κ3) is 5.00. The highest BCUT2D eigenvalue weighted by atomic mass is 16.6. The first kappa shape index (κ1) is 20.5. The molecule has 1 aliphatic rings. The third-order valence-electron chi connectivity index (χ3n) is 4.90. The van der Waals surface area contributed by atoms with Gasteiger partial charge in [0.15, 0.2) is 5.96 Å². The molecule has 0 aromatic carbocycles. The maximum atomic E-state index is 11.6. The molecule has 24 heavy (non-hydrogen) atoms. The van der Waals surface area contributed by atoms with Gasteiger partial charge in [0.25, 0.3) is 0 Å². The van der Waals surface area contributed by atoms with E-state index in [4.69, 9.17) is 9.47 Å². The predicted molar refractivity (Wildman–Crippen MR) is 96.3 cm³/mol. The Morgan fingerprint density at radius 2 is 1.79 bits per heavy atom. The lowest BCUT2D eigenvalue weighted by Crippen LogP contribution is -2.69. The van der Waals surface area contributed by atoms with Crippen molar-refractivity contribution >= 4 is 12.1 Å². The second-order valence-corrected chi connectivity index (χ2v) is 7.99. The van der Waals surface area contributed by atoms with Crippen LogP contribution in [0.15, 0.2) is 4.99 Å². The summed E-state index contributed by atoms with van der Waals surface area (Å²) in [4.78, 5) is 15.8. The largest absolute Gasteiger partial charge is 0.444 e. The lowest BCUT2D eigenvalue weighted by Gasteiger charge is -2.59. The van der Waals surface area contributed by atoms with Gasteiger partial charge in [-0.25, -0.2) is 4.79 Å². The minimum absolute atomic E-state index is 0.00807. The number of nitrogens with one attached hydrogen (secondary N) is 3. The van der Waals surface area contributed by atoms with Gasteiger partial charge in [0, 0.05) is 38.7 Å². The van der Waals surface area contributed by atoms with Crippen molar-refractivity contribution in [3.63, 3.8) is 0 Å². The maximum Gasteiger partial charge on any atom is 0.407 e. The average Bonchev–Trinajstić information content (AvgIpc) is 2.47. The predicted octanol–water partition coefficient (Wildman–Crippen LogP) is 1.88. The van der Waals surface area contributed by atoms with Crippen molar-refractivity contribution in [2.45, 2.75) is 65.2 Å². The van der Waals surface area contributed by atoms with Crippen molar-refractivity contribution in [2.24, 2.45) is 10.4 Å². The molecule has 0 aliphatic heterocycles. The van der Waals surface area contributed by atoms with Crippen molar-refractivity contribution in [3.05, 3.63) is 0 Å². The molecule has 0 aromatic rings. The molecule has 2 unspecified atom stereocenters. The van der Waals surface area contributed by atoms with E-state index in [1.165, 1.54) is 0 Å². The van der Waals surface area contributed by atoms with Crippen molar-refractivity contribution < 1.29 is 14.3 Å². The quantitative estimate of drug-likeness (QED) is 0.404. The Morgan fingerprint density at radius 1 is 1.21 bits per heavy atom. The van der Waals surface area contributed by atoms with Crippen LogP contribution in [0.25, 0.3) is 0 Å². The van der Waals surface area contributed by atoms with Crippen LogP contribution in [0.4, 0.5) is 4.79 Å². The van der Waals surface area contributed by atoms with Crippen molar-refractivity contribution in [1.82, 2.24) is 16.0 Å². The Labute approximate surface area is 146 Å². The SMILES string of the molecule is CN=C(NCCNC(=O)OC(C)(C)C)NC1CC(C)(OC)C1(C)C. The minimum atomic E-state index is -0.487. The van der Waals surface area contributed by atoms with E-state index in [0.717, 1.165) is 12.4 Å². The molecule has 3 N–H and O–H groups in total. The zero-order chi connectivity index (χ0) is 18.6. The van der Waals surface area contributed by atoms with E-state index in [9.17, 15) is 4.79 Å². The van der Waals surface area contributed by atoms with E-state index < -0.39 is 11.7 Å². The molecular formula is C17H34N4O3. The number of guanidine groups is 1. The van der Waals surface area contributed by atoms with Crippen LogP contribution < -0.4 is 16.0 Å². The van der Waals surface area contributed by atoms with E-state index in [1.807, 2.05) is 20.8 Å². The summed E-state index contributed by atoms with van der Waals surface area (Å²) in [6.45, 7) is 13.0. The van der Waals surface area contributed by atoms with Crippen LogP contribution in [-0.4, -0.2) is 56.5 Å². The summed E-state index contributed by atoms with van der Waals surface area (Å²) in [6.07, 6.45) is 0.510. The molecule has 0 bridgehead atoms. The summed E-state index contributed by atoms with van der Waals surface area (Å²) in [5.41, 5.74) is -0.602. The highest BCUT2D eigenvalue weighted by Crippen LogP contribution is 2.51. The van der Waals surface area contributed by atoms with Gasteiger partial charge in [-0.3, -0.25) is 4.99 Å². The molecule has 7 heteroatoms. The van der Waals surface area contributed by atoms with E-state index in [0.29, 0.717) is 13.1 Å². The molecule has 1 saturated carbocycles. The second kappa shape index (κ2) is 7.59. The van der Waals surface area contributed by atoms with Gasteiger partial charge in [0.1, 0.15) is 5.60 Å². The first-order chi connectivity index (χ1) is 10.9. The fraction of sp³-hybridized carbons (Fsp3) is 0.882. The molecule has 7 nitrogen and oxygen atoms in total. The van der Waals surface area contributed by atoms with Crippen LogP contribution in [0.1, 0.15) is 48.0 Å². The summed E-state index contributed by atoms with van der Waals surface area (Å²) in [6, 6.07) is 0.285. The molecular weight excluding hydrogens is 308 g/mol. The molecule has 1 rings (SSSR count). The first-order valence-electron chi connectivity index (χ1n) is 8.44. The van der Waals surface area contributed by atoms with Crippen LogP contribution in [0.3, 0.4) is 0 Å². The molecule has 0 radical (unpaired) electrons. The minimum Gasteiger partial charge on any atom is -0.444 e. The van der Waals surface area contributed by atoms with Gasteiger partial charge in [-0.2, -0.15) is 0 Å². The number of carbonyl (C=O) groups is 1. The highest BCUT2D eigenvalue weighted by Gasteiger charge is 2.58. The smallest absolute Gasteiger partial charge is 0.407 e. The number of hydrogen-bond acceptors (Lipinski definition) is 4. The molecule has 0 aromatic heterocycles. The second-order valence-electron chi connectivity index (χ2n) is 7.99. The Balaban J connectivity index is 2.34. The fourth-order valence-electron chi connectivity index (χ4n) is 2.74. The number of carbonyl (C=O) groups excluding carboxylic acids is 1. The van der Waals surface area contributed by atoms with Gasteiger partial charge in [0.05, 0.1) is 5.60 Å².